The number of aromatic nitrogens is 1. The molecule has 0 unspecified atom stereocenters. The highest BCUT2D eigenvalue weighted by molar-refractivity contribution is 6.33. The molecular weight excluding hydrogens is 278 g/mol. The van der Waals surface area contributed by atoms with Crippen molar-refractivity contribution in [2.45, 2.75) is 6.92 Å². The molecule has 100 valence electrons. The molecular formula is C15H10ClNO3. The van der Waals surface area contributed by atoms with Crippen LogP contribution >= 0.6 is 11.6 Å². The largest absolute Gasteiger partial charge is 0.478 e. The maximum absolute atomic E-state index is 11.2. The van der Waals surface area contributed by atoms with E-state index in [-0.39, 0.29) is 5.56 Å². The zero-order chi connectivity index (χ0) is 14.3. The van der Waals surface area contributed by atoms with Gasteiger partial charge in [0.05, 0.1) is 16.1 Å². The van der Waals surface area contributed by atoms with E-state index in [1.54, 1.807) is 12.1 Å². The van der Waals surface area contributed by atoms with E-state index in [1.807, 2.05) is 25.1 Å². The van der Waals surface area contributed by atoms with Crippen LogP contribution in [0.5, 0.6) is 0 Å². The van der Waals surface area contributed by atoms with Gasteiger partial charge in [0.2, 0.25) is 5.89 Å². The topological polar surface area (TPSA) is 63.3 Å². The summed E-state index contributed by atoms with van der Waals surface area (Å²) < 4.78 is 5.61. The molecule has 0 saturated heterocycles. The Labute approximate surface area is 119 Å². The van der Waals surface area contributed by atoms with Crippen molar-refractivity contribution in [3.05, 3.63) is 52.5 Å². The zero-order valence-electron chi connectivity index (χ0n) is 10.6. The van der Waals surface area contributed by atoms with Crippen molar-refractivity contribution in [1.29, 1.82) is 0 Å². The predicted octanol–water partition coefficient (Wildman–Crippen LogP) is 4.15. The molecule has 4 nitrogen and oxygen atoms in total. The van der Waals surface area contributed by atoms with Crippen LogP contribution in [0.4, 0.5) is 0 Å². The third-order valence-corrected chi connectivity index (χ3v) is 3.32. The number of oxazole rings is 1. The van der Waals surface area contributed by atoms with E-state index >= 15 is 0 Å². The van der Waals surface area contributed by atoms with Crippen LogP contribution in [0.25, 0.3) is 22.6 Å². The number of hydrogen-bond acceptors (Lipinski definition) is 3. The Morgan fingerprint density at radius 2 is 2.10 bits per heavy atom. The summed E-state index contributed by atoms with van der Waals surface area (Å²) in [6, 6.07) is 10.3. The minimum Gasteiger partial charge on any atom is -0.478 e. The predicted molar refractivity (Wildman–Crippen MR) is 76.2 cm³/mol. The number of halogens is 1. The van der Waals surface area contributed by atoms with Crippen LogP contribution in [0, 0.1) is 6.92 Å². The van der Waals surface area contributed by atoms with Crippen molar-refractivity contribution in [3.63, 3.8) is 0 Å². The molecule has 3 aromatic rings. The molecule has 0 spiro atoms. The van der Waals surface area contributed by atoms with Gasteiger partial charge in [-0.2, -0.15) is 0 Å². The highest BCUT2D eigenvalue weighted by atomic mass is 35.5. The minimum absolute atomic E-state index is 0.112. The number of fused-ring (bicyclic) bond motifs is 1. The molecule has 20 heavy (non-hydrogen) atoms. The third kappa shape index (κ3) is 2.04. The van der Waals surface area contributed by atoms with Gasteiger partial charge in [-0.15, -0.1) is 0 Å². The van der Waals surface area contributed by atoms with E-state index < -0.39 is 5.97 Å². The summed E-state index contributed by atoms with van der Waals surface area (Å²) in [5, 5.41) is 9.67. The number of aromatic carboxylic acids is 1. The van der Waals surface area contributed by atoms with Crippen molar-refractivity contribution in [2.24, 2.45) is 0 Å². The third-order valence-electron chi connectivity index (χ3n) is 3.00. The first-order chi connectivity index (χ1) is 9.56. The maximum Gasteiger partial charge on any atom is 0.338 e. The molecule has 2 aromatic carbocycles. The first-order valence-corrected chi connectivity index (χ1v) is 6.33. The Bertz CT molecular complexity index is 823. The normalized spacial score (nSPS) is 10.9. The number of nitrogens with zero attached hydrogens (tertiary/aromatic N) is 1. The number of carboxylic acid groups (broad SMARTS) is 1. The quantitative estimate of drug-likeness (QED) is 0.769. The minimum atomic E-state index is -1.04. The summed E-state index contributed by atoms with van der Waals surface area (Å²) in [5.74, 6) is -0.718. The average Bonchev–Trinajstić information content (AvgIpc) is 2.81. The van der Waals surface area contributed by atoms with Crippen molar-refractivity contribution in [3.8, 4) is 11.5 Å². The molecule has 1 N–H and O–H groups in total. The van der Waals surface area contributed by atoms with Crippen molar-refractivity contribution in [2.75, 3.05) is 0 Å². The number of benzene rings is 2. The number of hydrogen-bond donors (Lipinski definition) is 1. The maximum atomic E-state index is 11.2. The van der Waals surface area contributed by atoms with E-state index in [4.69, 9.17) is 21.1 Å². The van der Waals surface area contributed by atoms with Crippen LogP contribution in [0.1, 0.15) is 15.9 Å². The fourth-order valence-electron chi connectivity index (χ4n) is 2.03. The number of rotatable bonds is 2. The van der Waals surface area contributed by atoms with Crippen LogP contribution in [-0.2, 0) is 0 Å². The van der Waals surface area contributed by atoms with Gasteiger partial charge >= 0.3 is 5.97 Å². The smallest absolute Gasteiger partial charge is 0.338 e. The van der Waals surface area contributed by atoms with Gasteiger partial charge in [-0.05, 0) is 36.8 Å². The van der Waals surface area contributed by atoms with Crippen LogP contribution in [0.15, 0.2) is 40.8 Å². The summed E-state index contributed by atoms with van der Waals surface area (Å²) in [6.45, 7) is 1.93. The molecule has 0 aliphatic carbocycles. The summed E-state index contributed by atoms with van der Waals surface area (Å²) in [6.07, 6.45) is 0. The monoisotopic (exact) mass is 287 g/mol. The standard InChI is InChI=1S/C15H10ClNO3/c1-8-5-6-9(11(16)7-8)14-17-13-10(15(18)19)3-2-4-12(13)20-14/h2-7H,1H3,(H,18,19). The molecule has 0 atom stereocenters. The Balaban J connectivity index is 2.23. The Morgan fingerprint density at radius 1 is 1.30 bits per heavy atom. The highest BCUT2D eigenvalue weighted by Gasteiger charge is 2.16. The number of para-hydroxylation sites is 1. The van der Waals surface area contributed by atoms with E-state index in [0.29, 0.717) is 27.6 Å². The van der Waals surface area contributed by atoms with Gasteiger partial charge in [-0.3, -0.25) is 0 Å². The van der Waals surface area contributed by atoms with E-state index in [1.165, 1.54) is 6.07 Å². The summed E-state index contributed by atoms with van der Waals surface area (Å²) >= 11 is 6.18. The summed E-state index contributed by atoms with van der Waals surface area (Å²) in [7, 11) is 0. The van der Waals surface area contributed by atoms with E-state index in [0.717, 1.165) is 5.56 Å². The van der Waals surface area contributed by atoms with Gasteiger partial charge in [0.25, 0.3) is 0 Å². The van der Waals surface area contributed by atoms with Crippen molar-refractivity contribution >= 4 is 28.7 Å². The molecule has 0 radical (unpaired) electrons. The van der Waals surface area contributed by atoms with Crippen LogP contribution in [0.2, 0.25) is 5.02 Å². The second-order valence-corrected chi connectivity index (χ2v) is 4.87. The molecule has 5 heteroatoms. The average molecular weight is 288 g/mol. The van der Waals surface area contributed by atoms with Gasteiger partial charge < -0.3 is 9.52 Å². The van der Waals surface area contributed by atoms with E-state index in [9.17, 15) is 4.79 Å². The molecule has 1 aromatic heterocycles. The van der Waals surface area contributed by atoms with Crippen LogP contribution < -0.4 is 0 Å². The molecule has 0 bridgehead atoms. The Morgan fingerprint density at radius 3 is 2.80 bits per heavy atom. The van der Waals surface area contributed by atoms with Gasteiger partial charge in [-0.1, -0.05) is 23.7 Å². The summed E-state index contributed by atoms with van der Waals surface area (Å²) in [4.78, 5) is 15.4. The van der Waals surface area contributed by atoms with Gasteiger partial charge in [0.15, 0.2) is 5.58 Å². The molecule has 0 aliphatic heterocycles. The van der Waals surface area contributed by atoms with Crippen molar-refractivity contribution < 1.29 is 14.3 Å². The molecule has 0 saturated carbocycles. The van der Waals surface area contributed by atoms with Crippen LogP contribution in [-0.4, -0.2) is 16.1 Å². The first kappa shape index (κ1) is 12.7. The lowest BCUT2D eigenvalue weighted by Gasteiger charge is -2.00. The van der Waals surface area contributed by atoms with Gasteiger partial charge in [0, 0.05) is 0 Å². The van der Waals surface area contributed by atoms with Gasteiger partial charge in [-0.25, -0.2) is 9.78 Å². The van der Waals surface area contributed by atoms with Crippen molar-refractivity contribution in [1.82, 2.24) is 4.98 Å². The first-order valence-electron chi connectivity index (χ1n) is 5.95. The van der Waals surface area contributed by atoms with E-state index in [2.05, 4.69) is 4.98 Å². The fourth-order valence-corrected chi connectivity index (χ4v) is 2.35. The molecule has 0 fully saturated rings. The van der Waals surface area contributed by atoms with Gasteiger partial charge in [0.1, 0.15) is 5.52 Å². The fraction of sp³-hybridized carbons (Fsp3) is 0.0667. The number of carbonyl (C=O) groups is 1. The SMILES string of the molecule is Cc1ccc(-c2nc3c(C(=O)O)cccc3o2)c(Cl)c1. The molecule has 1 heterocycles. The second-order valence-electron chi connectivity index (χ2n) is 4.46. The Hall–Kier alpha value is -2.33. The number of aryl methyl sites for hydroxylation is 1. The number of carboxylic acids is 1. The molecule has 0 amide bonds. The molecule has 3 rings (SSSR count). The molecule has 0 aliphatic rings. The lowest BCUT2D eigenvalue weighted by atomic mass is 10.1. The Kier molecular flexibility index (Phi) is 2.95. The van der Waals surface area contributed by atoms with Crippen LogP contribution in [0.3, 0.4) is 0 Å². The zero-order valence-corrected chi connectivity index (χ0v) is 11.3. The lowest BCUT2D eigenvalue weighted by Crippen LogP contribution is -1.96. The lowest BCUT2D eigenvalue weighted by molar-refractivity contribution is 0.0699. The summed E-state index contributed by atoms with van der Waals surface area (Å²) in [5.41, 5.74) is 2.54. The highest BCUT2D eigenvalue weighted by Crippen LogP contribution is 2.31. The second kappa shape index (κ2) is 4.65.